The van der Waals surface area contributed by atoms with E-state index >= 15 is 0 Å². The summed E-state index contributed by atoms with van der Waals surface area (Å²) in [6.45, 7) is 5.54. The first-order chi connectivity index (χ1) is 10.0. The Balaban J connectivity index is 2.98. The van der Waals surface area contributed by atoms with Crippen LogP contribution in [0.3, 0.4) is 0 Å². The first kappa shape index (κ1) is 18.0. The minimum atomic E-state index is -3.59. The molecule has 22 heavy (non-hydrogen) atoms. The maximum atomic E-state index is 12.0. The van der Waals surface area contributed by atoms with Crippen molar-refractivity contribution in [3.05, 3.63) is 29.8 Å². The minimum absolute atomic E-state index is 0.0144. The van der Waals surface area contributed by atoms with Crippen LogP contribution in [-0.4, -0.2) is 32.7 Å². The molecule has 0 fully saturated rings. The lowest BCUT2D eigenvalue weighted by Crippen LogP contribution is -2.42. The maximum absolute atomic E-state index is 12.0. The van der Waals surface area contributed by atoms with Crippen molar-refractivity contribution in [1.82, 2.24) is 5.32 Å². The summed E-state index contributed by atoms with van der Waals surface area (Å²) >= 11 is 0. The molecule has 6 nitrogen and oxygen atoms in total. The third kappa shape index (κ3) is 5.37. The molecule has 0 radical (unpaired) electrons. The van der Waals surface area contributed by atoms with Gasteiger partial charge in [0.1, 0.15) is 6.07 Å². The molecule has 0 aliphatic rings. The number of anilines is 1. The summed E-state index contributed by atoms with van der Waals surface area (Å²) in [5.74, 6) is -0.240. The number of benzene rings is 1. The molecule has 0 bridgehead atoms. The first-order valence-electron chi connectivity index (χ1n) is 6.82. The van der Waals surface area contributed by atoms with Crippen molar-refractivity contribution in [3.63, 3.8) is 0 Å². The molecule has 0 aliphatic carbocycles. The Morgan fingerprint density at radius 2 is 1.91 bits per heavy atom. The molecule has 0 heterocycles. The fourth-order valence-electron chi connectivity index (χ4n) is 1.93. The monoisotopic (exact) mass is 323 g/mol. The standard InChI is InChI=1S/C15H21N3O3S/c1-15(2,3)17-14(19)9-10-18(22(4,20)21)13-8-6-5-7-12(13)11-16/h5-8H,9-10H2,1-4H3,(H,17,19). The second-order valence-electron chi connectivity index (χ2n) is 6.01. The van der Waals surface area contributed by atoms with Gasteiger partial charge in [-0.15, -0.1) is 0 Å². The third-order valence-electron chi connectivity index (χ3n) is 2.75. The van der Waals surface area contributed by atoms with Crippen molar-refractivity contribution < 1.29 is 13.2 Å². The second-order valence-corrected chi connectivity index (χ2v) is 7.92. The molecule has 1 rings (SSSR count). The van der Waals surface area contributed by atoms with Crippen LogP contribution in [0, 0.1) is 11.3 Å². The highest BCUT2D eigenvalue weighted by Gasteiger charge is 2.22. The average molecular weight is 323 g/mol. The Labute approximate surface area is 131 Å². The van der Waals surface area contributed by atoms with E-state index in [0.29, 0.717) is 0 Å². The molecule has 120 valence electrons. The molecule has 0 spiro atoms. The number of para-hydroxylation sites is 1. The number of rotatable bonds is 5. The first-order valence-corrected chi connectivity index (χ1v) is 8.67. The number of amides is 1. The lowest BCUT2D eigenvalue weighted by molar-refractivity contribution is -0.122. The van der Waals surface area contributed by atoms with Gasteiger partial charge in [-0.05, 0) is 32.9 Å². The number of sulfonamides is 1. The van der Waals surface area contributed by atoms with Crippen LogP contribution in [0.25, 0.3) is 0 Å². The number of nitrogens with one attached hydrogen (secondary N) is 1. The van der Waals surface area contributed by atoms with Gasteiger partial charge in [0.15, 0.2) is 0 Å². The molecule has 0 atom stereocenters. The Hall–Kier alpha value is -2.07. The van der Waals surface area contributed by atoms with Crippen molar-refractivity contribution in [2.45, 2.75) is 32.7 Å². The predicted octanol–water partition coefficient (Wildman–Crippen LogP) is 1.63. The van der Waals surface area contributed by atoms with Crippen LogP contribution >= 0.6 is 0 Å². The molecule has 7 heteroatoms. The molecule has 0 saturated carbocycles. The normalized spacial score (nSPS) is 11.6. The van der Waals surface area contributed by atoms with Gasteiger partial charge in [-0.1, -0.05) is 12.1 Å². The Bertz CT molecular complexity index is 685. The van der Waals surface area contributed by atoms with Gasteiger partial charge in [0.25, 0.3) is 0 Å². The lowest BCUT2D eigenvalue weighted by Gasteiger charge is -2.25. The zero-order valence-corrected chi connectivity index (χ0v) is 14.1. The van der Waals surface area contributed by atoms with Crippen molar-refractivity contribution in [2.24, 2.45) is 0 Å². The van der Waals surface area contributed by atoms with E-state index in [4.69, 9.17) is 5.26 Å². The second kappa shape index (κ2) is 6.79. The summed E-state index contributed by atoms with van der Waals surface area (Å²) in [4.78, 5) is 11.9. The van der Waals surface area contributed by atoms with Gasteiger partial charge in [0.2, 0.25) is 15.9 Å². The molecule has 1 N–H and O–H groups in total. The molecule has 1 aromatic rings. The van der Waals surface area contributed by atoms with Gasteiger partial charge in [0.05, 0.1) is 17.5 Å². The summed E-state index contributed by atoms with van der Waals surface area (Å²) in [6, 6.07) is 8.39. The molecule has 1 aromatic carbocycles. The van der Waals surface area contributed by atoms with E-state index in [1.165, 1.54) is 0 Å². The van der Waals surface area contributed by atoms with E-state index in [0.717, 1.165) is 10.6 Å². The van der Waals surface area contributed by atoms with Gasteiger partial charge >= 0.3 is 0 Å². The van der Waals surface area contributed by atoms with Crippen molar-refractivity contribution in [2.75, 3.05) is 17.1 Å². The number of nitrogens with zero attached hydrogens (tertiary/aromatic N) is 2. The number of nitriles is 1. The number of carbonyl (C=O) groups excluding carboxylic acids is 1. The zero-order valence-electron chi connectivity index (χ0n) is 13.3. The van der Waals surface area contributed by atoms with Crippen molar-refractivity contribution in [1.29, 1.82) is 5.26 Å². The topological polar surface area (TPSA) is 90.3 Å². The van der Waals surface area contributed by atoms with Gasteiger partial charge in [-0.3, -0.25) is 9.10 Å². The quantitative estimate of drug-likeness (QED) is 0.891. The smallest absolute Gasteiger partial charge is 0.232 e. The van der Waals surface area contributed by atoms with E-state index in [1.807, 2.05) is 26.8 Å². The Morgan fingerprint density at radius 1 is 1.32 bits per heavy atom. The van der Waals surface area contributed by atoms with E-state index in [2.05, 4.69) is 5.32 Å². The predicted molar refractivity (Wildman–Crippen MR) is 85.9 cm³/mol. The Kier molecular flexibility index (Phi) is 5.55. The molecule has 0 saturated heterocycles. The van der Waals surface area contributed by atoms with Crippen molar-refractivity contribution >= 4 is 21.6 Å². The van der Waals surface area contributed by atoms with Crippen LogP contribution < -0.4 is 9.62 Å². The average Bonchev–Trinajstić information content (AvgIpc) is 2.35. The van der Waals surface area contributed by atoms with E-state index in [9.17, 15) is 13.2 Å². The van der Waals surface area contributed by atoms with Crippen LogP contribution in [0.4, 0.5) is 5.69 Å². The highest BCUT2D eigenvalue weighted by atomic mass is 32.2. The van der Waals surface area contributed by atoms with Crippen LogP contribution in [0.15, 0.2) is 24.3 Å². The SMILES string of the molecule is CC(C)(C)NC(=O)CCN(c1ccccc1C#N)S(C)(=O)=O. The zero-order chi connectivity index (χ0) is 17.0. The molecule has 0 aliphatic heterocycles. The largest absolute Gasteiger partial charge is 0.351 e. The van der Waals surface area contributed by atoms with E-state index in [-0.39, 0.29) is 35.7 Å². The van der Waals surface area contributed by atoms with Crippen LogP contribution in [0.5, 0.6) is 0 Å². The number of carbonyl (C=O) groups is 1. The third-order valence-corrected chi connectivity index (χ3v) is 3.93. The van der Waals surface area contributed by atoms with E-state index in [1.54, 1.807) is 24.3 Å². The molecule has 0 unspecified atom stereocenters. The highest BCUT2D eigenvalue weighted by Crippen LogP contribution is 2.22. The minimum Gasteiger partial charge on any atom is -0.351 e. The van der Waals surface area contributed by atoms with Crippen molar-refractivity contribution in [3.8, 4) is 6.07 Å². The number of hydrogen-bond donors (Lipinski definition) is 1. The number of hydrogen-bond acceptors (Lipinski definition) is 4. The van der Waals surface area contributed by atoms with Gasteiger partial charge in [-0.2, -0.15) is 5.26 Å². The van der Waals surface area contributed by atoms with Crippen LogP contribution in [-0.2, 0) is 14.8 Å². The molecular formula is C15H21N3O3S. The molecular weight excluding hydrogens is 302 g/mol. The summed E-state index contributed by atoms with van der Waals surface area (Å²) < 4.78 is 25.1. The van der Waals surface area contributed by atoms with Gasteiger partial charge in [0, 0.05) is 18.5 Å². The van der Waals surface area contributed by atoms with Crippen LogP contribution in [0.2, 0.25) is 0 Å². The summed E-state index contributed by atoms with van der Waals surface area (Å²) in [5.41, 5.74) is 0.164. The summed E-state index contributed by atoms with van der Waals surface area (Å²) in [5, 5.41) is 11.9. The van der Waals surface area contributed by atoms with E-state index < -0.39 is 10.0 Å². The summed E-state index contributed by atoms with van der Waals surface area (Å²) in [7, 11) is -3.59. The Morgan fingerprint density at radius 3 is 2.41 bits per heavy atom. The van der Waals surface area contributed by atoms with Crippen LogP contribution in [0.1, 0.15) is 32.8 Å². The van der Waals surface area contributed by atoms with Gasteiger partial charge in [-0.25, -0.2) is 8.42 Å². The van der Waals surface area contributed by atoms with Gasteiger partial charge < -0.3 is 5.32 Å². The molecule has 0 aromatic heterocycles. The fourth-order valence-corrected chi connectivity index (χ4v) is 2.87. The highest BCUT2D eigenvalue weighted by molar-refractivity contribution is 7.92. The maximum Gasteiger partial charge on any atom is 0.232 e. The lowest BCUT2D eigenvalue weighted by atomic mass is 10.1. The molecule has 1 amide bonds. The fraction of sp³-hybridized carbons (Fsp3) is 0.467. The summed E-state index contributed by atoms with van der Waals surface area (Å²) in [6.07, 6.45) is 1.08.